The number of rotatable bonds is 3. The van der Waals surface area contributed by atoms with E-state index in [0.29, 0.717) is 18.5 Å². The monoisotopic (exact) mass is 418 g/mol. The van der Waals surface area contributed by atoms with Crippen molar-refractivity contribution in [2.45, 2.75) is 24.9 Å². The molecular formula is C20H17F3N4O3. The first-order valence-electron chi connectivity index (χ1n) is 9.29. The van der Waals surface area contributed by atoms with Crippen LogP contribution in [0.2, 0.25) is 0 Å². The molecule has 0 radical (unpaired) electrons. The van der Waals surface area contributed by atoms with Crippen LogP contribution in [-0.4, -0.2) is 49.6 Å². The number of halogens is 3. The zero-order chi connectivity index (χ0) is 21.5. The Morgan fingerprint density at radius 3 is 2.40 bits per heavy atom. The highest BCUT2D eigenvalue weighted by molar-refractivity contribution is 5.92. The number of hydrogen-bond donors (Lipinski definition) is 1. The molecule has 1 N–H and O–H groups in total. The minimum Gasteiger partial charge on any atom is -0.478 e. The Hall–Kier alpha value is -3.43. The summed E-state index contributed by atoms with van der Waals surface area (Å²) in [5.41, 5.74) is -0.0771. The fourth-order valence-electron chi connectivity index (χ4n) is 3.81. The summed E-state index contributed by atoms with van der Waals surface area (Å²) >= 11 is 0. The lowest BCUT2D eigenvalue weighted by molar-refractivity contribution is -0.138. The standard InChI is InChI=1S/C20H17F3N4O3/c21-20(22,23)15-4-2-1-3-14(15)12-7-9-26(10-8-12)18(28)17-25-24-16-6-5-13(19(29)30)11-27(16)17/h1-6,11-12H,7-10H2,(H,29,30). The van der Waals surface area contributed by atoms with Gasteiger partial charge in [0.25, 0.3) is 5.91 Å². The van der Waals surface area contributed by atoms with Crippen molar-refractivity contribution in [2.24, 2.45) is 0 Å². The van der Waals surface area contributed by atoms with E-state index in [9.17, 15) is 22.8 Å². The molecule has 7 nitrogen and oxygen atoms in total. The molecule has 2 aromatic heterocycles. The number of alkyl halides is 3. The second kappa shape index (κ2) is 7.43. The van der Waals surface area contributed by atoms with E-state index in [2.05, 4.69) is 10.2 Å². The maximum Gasteiger partial charge on any atom is 0.416 e. The van der Waals surface area contributed by atoms with Gasteiger partial charge in [-0.1, -0.05) is 18.2 Å². The predicted octanol–water partition coefficient (Wildman–Crippen LogP) is 3.47. The summed E-state index contributed by atoms with van der Waals surface area (Å²) in [6.07, 6.45) is -2.38. The molecule has 0 bridgehead atoms. The molecule has 1 saturated heterocycles. The Balaban J connectivity index is 1.53. The highest BCUT2D eigenvalue weighted by Gasteiger charge is 2.36. The summed E-state index contributed by atoms with van der Waals surface area (Å²) < 4.78 is 41.2. The summed E-state index contributed by atoms with van der Waals surface area (Å²) in [5, 5.41) is 16.9. The number of fused-ring (bicyclic) bond motifs is 1. The van der Waals surface area contributed by atoms with E-state index in [0.717, 1.165) is 6.07 Å². The van der Waals surface area contributed by atoms with Crippen molar-refractivity contribution in [3.05, 3.63) is 65.1 Å². The third-order valence-electron chi connectivity index (χ3n) is 5.33. The van der Waals surface area contributed by atoms with Gasteiger partial charge in [-0.3, -0.25) is 9.20 Å². The number of pyridine rings is 1. The van der Waals surface area contributed by atoms with Gasteiger partial charge in [-0.15, -0.1) is 10.2 Å². The molecule has 4 rings (SSSR count). The second-order valence-electron chi connectivity index (χ2n) is 7.13. The molecular weight excluding hydrogens is 401 g/mol. The molecule has 1 aliphatic heterocycles. The smallest absolute Gasteiger partial charge is 0.416 e. The van der Waals surface area contributed by atoms with Crippen LogP contribution in [0.3, 0.4) is 0 Å². The van der Waals surface area contributed by atoms with Crippen LogP contribution in [0.5, 0.6) is 0 Å². The number of carboxylic acid groups (broad SMARTS) is 1. The van der Waals surface area contributed by atoms with Gasteiger partial charge >= 0.3 is 12.1 Å². The molecule has 1 amide bonds. The lowest BCUT2D eigenvalue weighted by atomic mass is 9.86. The molecule has 3 heterocycles. The lowest BCUT2D eigenvalue weighted by Crippen LogP contribution is -2.39. The Kier molecular flexibility index (Phi) is 4.92. The summed E-state index contributed by atoms with van der Waals surface area (Å²) in [5.74, 6) is -1.91. The van der Waals surface area contributed by atoms with Gasteiger partial charge in [-0.2, -0.15) is 13.2 Å². The van der Waals surface area contributed by atoms with Crippen molar-refractivity contribution in [3.63, 3.8) is 0 Å². The quantitative estimate of drug-likeness (QED) is 0.704. The summed E-state index contributed by atoms with van der Waals surface area (Å²) in [6.45, 7) is 0.534. The van der Waals surface area contributed by atoms with Crippen molar-refractivity contribution >= 4 is 17.5 Å². The van der Waals surface area contributed by atoms with Gasteiger partial charge in [0, 0.05) is 19.3 Å². The predicted molar refractivity (Wildman–Crippen MR) is 99.3 cm³/mol. The van der Waals surface area contributed by atoms with Gasteiger partial charge in [-0.05, 0) is 42.5 Å². The number of nitrogens with zero attached hydrogens (tertiary/aromatic N) is 4. The van der Waals surface area contributed by atoms with E-state index >= 15 is 0 Å². The highest BCUT2D eigenvalue weighted by atomic mass is 19.4. The molecule has 1 aliphatic rings. The molecule has 0 spiro atoms. The van der Waals surface area contributed by atoms with Gasteiger partial charge in [0.1, 0.15) is 0 Å². The third-order valence-corrected chi connectivity index (χ3v) is 5.33. The Morgan fingerprint density at radius 1 is 1.03 bits per heavy atom. The van der Waals surface area contributed by atoms with Crippen molar-refractivity contribution < 1.29 is 27.9 Å². The van der Waals surface area contributed by atoms with E-state index in [1.54, 1.807) is 6.07 Å². The van der Waals surface area contributed by atoms with Crippen LogP contribution in [0.25, 0.3) is 5.65 Å². The SMILES string of the molecule is O=C(O)c1ccc2nnc(C(=O)N3CCC(c4ccccc4C(F)(F)F)CC3)n2c1. The molecule has 1 aromatic carbocycles. The van der Waals surface area contributed by atoms with Crippen LogP contribution in [0.15, 0.2) is 42.6 Å². The minimum atomic E-state index is -4.42. The van der Waals surface area contributed by atoms with E-state index in [1.807, 2.05) is 0 Å². The Labute approximate surface area is 168 Å². The summed E-state index contributed by atoms with van der Waals surface area (Å²) in [7, 11) is 0. The average Bonchev–Trinajstić information content (AvgIpc) is 3.16. The first-order chi connectivity index (χ1) is 14.3. The van der Waals surface area contributed by atoms with E-state index < -0.39 is 23.6 Å². The molecule has 156 valence electrons. The van der Waals surface area contributed by atoms with Crippen LogP contribution >= 0.6 is 0 Å². The molecule has 1 fully saturated rings. The van der Waals surface area contributed by atoms with Crippen LogP contribution in [0, 0.1) is 0 Å². The van der Waals surface area contributed by atoms with Crippen molar-refractivity contribution in [1.29, 1.82) is 0 Å². The Morgan fingerprint density at radius 2 is 1.73 bits per heavy atom. The minimum absolute atomic E-state index is 0.0150. The third kappa shape index (κ3) is 3.60. The molecule has 0 saturated carbocycles. The maximum absolute atomic E-state index is 13.3. The van der Waals surface area contributed by atoms with E-state index in [1.165, 1.54) is 39.8 Å². The van der Waals surface area contributed by atoms with E-state index in [-0.39, 0.29) is 36.0 Å². The molecule has 10 heteroatoms. The van der Waals surface area contributed by atoms with Crippen molar-refractivity contribution in [2.75, 3.05) is 13.1 Å². The summed E-state index contributed by atoms with van der Waals surface area (Å²) in [6, 6.07) is 8.34. The molecule has 0 aliphatic carbocycles. The van der Waals surface area contributed by atoms with Crippen LogP contribution in [0.1, 0.15) is 50.9 Å². The summed E-state index contributed by atoms with van der Waals surface area (Å²) in [4.78, 5) is 25.6. The largest absolute Gasteiger partial charge is 0.478 e. The number of aromatic carboxylic acids is 1. The number of carboxylic acids is 1. The van der Waals surface area contributed by atoms with Crippen LogP contribution < -0.4 is 0 Å². The fourth-order valence-corrected chi connectivity index (χ4v) is 3.81. The highest BCUT2D eigenvalue weighted by Crippen LogP contribution is 2.38. The van der Waals surface area contributed by atoms with Crippen LogP contribution in [0.4, 0.5) is 13.2 Å². The number of amides is 1. The molecule has 30 heavy (non-hydrogen) atoms. The van der Waals surface area contributed by atoms with Gasteiger partial charge in [0.15, 0.2) is 5.65 Å². The lowest BCUT2D eigenvalue weighted by Gasteiger charge is -2.32. The normalized spacial score (nSPS) is 15.5. The fraction of sp³-hybridized carbons (Fsp3) is 0.300. The second-order valence-corrected chi connectivity index (χ2v) is 7.13. The number of carbonyl (C=O) groups excluding carboxylic acids is 1. The van der Waals surface area contributed by atoms with Gasteiger partial charge in [-0.25, -0.2) is 4.79 Å². The van der Waals surface area contributed by atoms with Crippen molar-refractivity contribution in [1.82, 2.24) is 19.5 Å². The van der Waals surface area contributed by atoms with E-state index in [4.69, 9.17) is 5.11 Å². The zero-order valence-corrected chi connectivity index (χ0v) is 15.6. The first kappa shape index (κ1) is 19.9. The topological polar surface area (TPSA) is 87.8 Å². The zero-order valence-electron chi connectivity index (χ0n) is 15.6. The molecule has 0 unspecified atom stereocenters. The van der Waals surface area contributed by atoms with Crippen molar-refractivity contribution in [3.8, 4) is 0 Å². The molecule has 0 atom stereocenters. The number of likely N-dealkylation sites (tertiary alicyclic amines) is 1. The maximum atomic E-state index is 13.3. The average molecular weight is 418 g/mol. The van der Waals surface area contributed by atoms with Gasteiger partial charge < -0.3 is 10.0 Å². The van der Waals surface area contributed by atoms with Gasteiger partial charge in [0.05, 0.1) is 11.1 Å². The van der Waals surface area contributed by atoms with Gasteiger partial charge in [0.2, 0.25) is 5.82 Å². The number of carbonyl (C=O) groups is 2. The van der Waals surface area contributed by atoms with Crippen LogP contribution in [-0.2, 0) is 6.18 Å². The number of aromatic nitrogens is 3. The Bertz CT molecular complexity index is 1120. The molecule has 3 aromatic rings. The number of piperidine rings is 1. The number of benzene rings is 1. The first-order valence-corrected chi connectivity index (χ1v) is 9.29. The number of hydrogen-bond acceptors (Lipinski definition) is 4.